The third kappa shape index (κ3) is 11.8. The van der Waals surface area contributed by atoms with Crippen LogP contribution in [-0.4, -0.2) is 97.9 Å². The van der Waals surface area contributed by atoms with Gasteiger partial charge in [0.1, 0.15) is 17.5 Å². The standard InChI is InChI=1S/C42H50FN9O7/c1-42(2,3)59-40(56)44-24-26-6-10-29(11-7-26)37(53)47-35(39(55)46-31-15-12-28(13-16-31)36-48-50-51-49-36)22-25-4-8-27(9-5-25)30-14-17-34(43)33(23-30)38(54)45-32-18-20-52(21-19-32)41(57)58/h4-5,8-9,12-17,23,26,29,32,35H,6-7,10-11,18-22,24H2,1-3H3,(H,44,56)(H,45,54)(H,46,55)(H,47,53)(H,57,58)(H,48,49,50,51)/t26?,29?,35-/m0/s1. The Kier molecular flexibility index (Phi) is 13.5. The fourth-order valence-electron chi connectivity index (χ4n) is 7.31. The molecule has 0 unspecified atom stereocenters. The van der Waals surface area contributed by atoms with Crippen molar-refractivity contribution in [3.05, 3.63) is 83.7 Å². The summed E-state index contributed by atoms with van der Waals surface area (Å²) in [5, 5.41) is 34.7. The van der Waals surface area contributed by atoms with Crippen LogP contribution in [0.25, 0.3) is 22.5 Å². The fraction of sp³-hybridized carbons (Fsp3) is 0.429. The Morgan fingerprint density at radius 2 is 1.56 bits per heavy atom. The van der Waals surface area contributed by atoms with E-state index in [-0.39, 0.29) is 48.9 Å². The van der Waals surface area contributed by atoms with Crippen LogP contribution < -0.4 is 21.3 Å². The molecular formula is C42H50FN9O7. The average Bonchev–Trinajstić information content (AvgIpc) is 3.76. The van der Waals surface area contributed by atoms with Crippen molar-refractivity contribution in [3.8, 4) is 22.5 Å². The van der Waals surface area contributed by atoms with E-state index in [9.17, 15) is 33.5 Å². The van der Waals surface area contributed by atoms with E-state index in [1.807, 2.05) is 24.3 Å². The smallest absolute Gasteiger partial charge is 0.407 e. The Morgan fingerprint density at radius 3 is 2.19 bits per heavy atom. The van der Waals surface area contributed by atoms with Crippen molar-refractivity contribution in [1.29, 1.82) is 0 Å². The van der Waals surface area contributed by atoms with Crippen LogP contribution in [0.1, 0.15) is 75.2 Å². The molecule has 17 heteroatoms. The van der Waals surface area contributed by atoms with E-state index in [1.165, 1.54) is 17.0 Å². The first kappa shape index (κ1) is 42.2. The number of benzene rings is 3. The van der Waals surface area contributed by atoms with Gasteiger partial charge in [-0.2, -0.15) is 5.21 Å². The number of halogens is 1. The van der Waals surface area contributed by atoms with Gasteiger partial charge in [-0.1, -0.05) is 30.3 Å². The number of aromatic nitrogens is 4. The fourth-order valence-corrected chi connectivity index (χ4v) is 7.31. The molecule has 4 aromatic rings. The molecule has 1 aromatic heterocycles. The highest BCUT2D eigenvalue weighted by molar-refractivity contribution is 5.98. The van der Waals surface area contributed by atoms with Crippen LogP contribution in [0.3, 0.4) is 0 Å². The van der Waals surface area contributed by atoms with Gasteiger partial charge in [-0.15, -0.1) is 10.2 Å². The summed E-state index contributed by atoms with van der Waals surface area (Å²) >= 11 is 0. The maximum Gasteiger partial charge on any atom is 0.407 e. The largest absolute Gasteiger partial charge is 0.465 e. The summed E-state index contributed by atoms with van der Waals surface area (Å²) in [7, 11) is 0. The third-order valence-electron chi connectivity index (χ3n) is 10.6. The summed E-state index contributed by atoms with van der Waals surface area (Å²) in [5.41, 5.74) is 2.57. The summed E-state index contributed by atoms with van der Waals surface area (Å²) in [6, 6.07) is 17.3. The van der Waals surface area contributed by atoms with Crippen molar-refractivity contribution in [3.63, 3.8) is 0 Å². The van der Waals surface area contributed by atoms with Crippen molar-refractivity contribution in [2.24, 2.45) is 11.8 Å². The third-order valence-corrected chi connectivity index (χ3v) is 10.6. The van der Waals surface area contributed by atoms with E-state index in [2.05, 4.69) is 41.9 Å². The molecule has 6 rings (SSSR count). The van der Waals surface area contributed by atoms with E-state index in [1.54, 1.807) is 51.1 Å². The molecule has 0 spiro atoms. The first-order chi connectivity index (χ1) is 28.2. The number of alkyl carbamates (subject to hydrolysis) is 1. The van der Waals surface area contributed by atoms with E-state index in [4.69, 9.17) is 4.74 Å². The topological polar surface area (TPSA) is 221 Å². The lowest BCUT2D eigenvalue weighted by Crippen LogP contribution is -2.48. The number of carbonyl (C=O) groups excluding carboxylic acids is 4. The molecule has 3 aromatic carbocycles. The van der Waals surface area contributed by atoms with Crippen LogP contribution in [0.2, 0.25) is 0 Å². The van der Waals surface area contributed by atoms with E-state index < -0.39 is 41.5 Å². The highest BCUT2D eigenvalue weighted by atomic mass is 19.1. The van der Waals surface area contributed by atoms with Gasteiger partial charge < -0.3 is 36.0 Å². The first-order valence-electron chi connectivity index (χ1n) is 19.8. The predicted molar refractivity (Wildman–Crippen MR) is 215 cm³/mol. The number of aromatic amines is 1. The second-order valence-electron chi connectivity index (χ2n) is 16.1. The first-order valence-corrected chi connectivity index (χ1v) is 19.8. The second-order valence-corrected chi connectivity index (χ2v) is 16.1. The Balaban J connectivity index is 1.11. The molecule has 1 saturated carbocycles. The van der Waals surface area contributed by atoms with Crippen LogP contribution in [-0.2, 0) is 20.7 Å². The molecule has 2 fully saturated rings. The molecule has 59 heavy (non-hydrogen) atoms. The highest BCUT2D eigenvalue weighted by Crippen LogP contribution is 2.29. The van der Waals surface area contributed by atoms with E-state index in [0.29, 0.717) is 60.4 Å². The minimum atomic E-state index is -1.01. The Labute approximate surface area is 341 Å². The van der Waals surface area contributed by atoms with Crippen LogP contribution >= 0.6 is 0 Å². The molecule has 2 aliphatic rings. The van der Waals surface area contributed by atoms with Crippen molar-refractivity contribution < 1.29 is 38.2 Å². The number of piperidine rings is 1. The minimum Gasteiger partial charge on any atom is -0.465 e. The van der Waals surface area contributed by atoms with Gasteiger partial charge in [0.2, 0.25) is 17.6 Å². The van der Waals surface area contributed by atoms with Gasteiger partial charge in [0.05, 0.1) is 5.56 Å². The number of nitrogens with zero attached hydrogens (tertiary/aromatic N) is 4. The summed E-state index contributed by atoms with van der Waals surface area (Å²) < 4.78 is 20.2. The lowest BCUT2D eigenvalue weighted by atomic mass is 9.81. The number of ether oxygens (including phenoxy) is 1. The quantitative estimate of drug-likeness (QED) is 0.105. The molecule has 1 aliphatic carbocycles. The summed E-state index contributed by atoms with van der Waals surface area (Å²) in [6.07, 6.45) is 2.25. The molecule has 6 N–H and O–H groups in total. The number of rotatable bonds is 12. The van der Waals surface area contributed by atoms with Gasteiger partial charge in [0.15, 0.2) is 0 Å². The molecule has 1 saturated heterocycles. The molecule has 5 amide bonds. The Bertz CT molecular complexity index is 2090. The van der Waals surface area contributed by atoms with E-state index >= 15 is 0 Å². The van der Waals surface area contributed by atoms with Crippen molar-refractivity contribution in [1.82, 2.24) is 41.5 Å². The molecule has 2 heterocycles. The Morgan fingerprint density at radius 1 is 0.898 bits per heavy atom. The lowest BCUT2D eigenvalue weighted by molar-refractivity contribution is -0.130. The van der Waals surface area contributed by atoms with Crippen LogP contribution in [0.15, 0.2) is 66.7 Å². The van der Waals surface area contributed by atoms with Crippen LogP contribution in [0, 0.1) is 17.7 Å². The highest BCUT2D eigenvalue weighted by Gasteiger charge is 2.31. The average molecular weight is 812 g/mol. The molecule has 312 valence electrons. The maximum atomic E-state index is 14.9. The molecule has 0 bridgehead atoms. The summed E-state index contributed by atoms with van der Waals surface area (Å²) in [4.78, 5) is 65.3. The van der Waals surface area contributed by atoms with Crippen LogP contribution in [0.5, 0.6) is 0 Å². The zero-order valence-corrected chi connectivity index (χ0v) is 33.3. The molecule has 0 radical (unpaired) electrons. The minimum absolute atomic E-state index is 0.120. The van der Waals surface area contributed by atoms with Crippen molar-refractivity contribution in [2.75, 3.05) is 25.0 Å². The number of amides is 5. The van der Waals surface area contributed by atoms with E-state index in [0.717, 1.165) is 18.4 Å². The number of hydrogen-bond acceptors (Lipinski definition) is 9. The predicted octanol–water partition coefficient (Wildman–Crippen LogP) is 5.54. The Hall–Kier alpha value is -6.39. The van der Waals surface area contributed by atoms with Crippen LogP contribution in [0.4, 0.5) is 19.7 Å². The number of hydrogen-bond donors (Lipinski definition) is 6. The zero-order valence-electron chi connectivity index (χ0n) is 33.3. The number of anilines is 1. The molecular weight excluding hydrogens is 762 g/mol. The second kappa shape index (κ2) is 18.9. The monoisotopic (exact) mass is 811 g/mol. The lowest BCUT2D eigenvalue weighted by Gasteiger charge is -2.30. The molecule has 1 atom stereocenters. The van der Waals surface area contributed by atoms with Gasteiger partial charge in [-0.25, -0.2) is 14.0 Å². The summed E-state index contributed by atoms with van der Waals surface area (Å²) in [6.45, 7) is 6.44. The normalized spacial score (nSPS) is 17.7. The van der Waals surface area contributed by atoms with Gasteiger partial charge in [-0.05, 0) is 124 Å². The molecule has 16 nitrogen and oxygen atoms in total. The number of nitrogens with one attached hydrogen (secondary N) is 5. The number of likely N-dealkylation sites (tertiary alicyclic amines) is 1. The molecule has 1 aliphatic heterocycles. The number of H-pyrrole nitrogens is 1. The number of carbonyl (C=O) groups is 5. The number of carboxylic acid groups (broad SMARTS) is 1. The van der Waals surface area contributed by atoms with Gasteiger partial charge in [0.25, 0.3) is 5.91 Å². The summed E-state index contributed by atoms with van der Waals surface area (Å²) in [5.74, 6) is -1.58. The zero-order chi connectivity index (χ0) is 42.1. The maximum absolute atomic E-state index is 14.9. The van der Waals surface area contributed by atoms with Gasteiger partial charge >= 0.3 is 12.2 Å². The van der Waals surface area contributed by atoms with Gasteiger partial charge in [0, 0.05) is 49.3 Å². The number of tetrazole rings is 1. The van der Waals surface area contributed by atoms with Gasteiger partial charge in [-0.3, -0.25) is 14.4 Å². The SMILES string of the molecule is CC(C)(C)OC(=O)NCC1CCC(C(=O)N[C@@H](Cc2ccc(-c3ccc(F)c(C(=O)NC4CCN(C(=O)O)CC4)c3)cc2)C(=O)Nc2ccc(-c3nn[nH]n3)cc2)CC1. The van der Waals surface area contributed by atoms with Crippen molar-refractivity contribution >= 4 is 35.6 Å². The van der Waals surface area contributed by atoms with Crippen molar-refractivity contribution in [2.45, 2.75) is 83.4 Å².